The molecule has 44 heavy (non-hydrogen) atoms. The van der Waals surface area contributed by atoms with Crippen LogP contribution in [0.1, 0.15) is 123 Å². The largest absolute Gasteiger partial charge is 0.462 e. The Hall–Kier alpha value is -2.68. The number of aliphatic hydroxyl groups is 1. The van der Waals surface area contributed by atoms with E-state index in [4.69, 9.17) is 14.2 Å². The van der Waals surface area contributed by atoms with Crippen molar-refractivity contribution in [2.24, 2.45) is 0 Å². The van der Waals surface area contributed by atoms with Crippen molar-refractivity contribution < 1.29 is 38.5 Å². The number of ether oxygens (including phenoxy) is 3. The number of ketones is 3. The summed E-state index contributed by atoms with van der Waals surface area (Å²) >= 11 is 0. The number of allylic oxidation sites excluding steroid dienone is 4. The maximum Gasteiger partial charge on any atom is 0.313 e. The van der Waals surface area contributed by atoms with Gasteiger partial charge in [0.25, 0.3) is 0 Å². The molecule has 2 unspecified atom stereocenters. The van der Waals surface area contributed by atoms with Crippen molar-refractivity contribution >= 4 is 23.3 Å². The Morgan fingerprint density at radius 3 is 1.89 bits per heavy atom. The third-order valence-corrected chi connectivity index (χ3v) is 9.29. The predicted molar refractivity (Wildman–Crippen MR) is 167 cm³/mol. The van der Waals surface area contributed by atoms with Gasteiger partial charge in [0.15, 0.2) is 17.4 Å². The highest BCUT2D eigenvalue weighted by Crippen LogP contribution is 2.46. The molecule has 2 heterocycles. The van der Waals surface area contributed by atoms with E-state index in [0.717, 1.165) is 19.3 Å². The number of unbranched alkanes of at least 4 members (excludes halogenated alkanes) is 8. The number of carbonyl (C=O) groups is 4. The first-order valence-corrected chi connectivity index (χ1v) is 16.6. The van der Waals surface area contributed by atoms with Crippen molar-refractivity contribution in [1.82, 2.24) is 0 Å². The summed E-state index contributed by atoms with van der Waals surface area (Å²) in [6.07, 6.45) is 24.7. The van der Waals surface area contributed by atoms with Crippen LogP contribution in [-0.4, -0.2) is 57.1 Å². The molecule has 2 aliphatic heterocycles. The van der Waals surface area contributed by atoms with Gasteiger partial charge in [-0.1, -0.05) is 58.3 Å². The summed E-state index contributed by atoms with van der Waals surface area (Å²) in [5, 5.41) is 11.5. The van der Waals surface area contributed by atoms with Crippen LogP contribution in [0.4, 0.5) is 0 Å². The van der Waals surface area contributed by atoms with Gasteiger partial charge in [-0.2, -0.15) is 0 Å². The van der Waals surface area contributed by atoms with Gasteiger partial charge in [-0.15, -0.1) is 0 Å². The number of Topliss-reactive ketones (excluding diaryl/α,β-unsaturated/α-hetero) is 1. The van der Waals surface area contributed by atoms with Crippen LogP contribution in [0.25, 0.3) is 0 Å². The van der Waals surface area contributed by atoms with E-state index in [2.05, 4.69) is 6.92 Å². The number of hydrogen-bond acceptors (Lipinski definition) is 8. The molecule has 0 bridgehead atoms. The molecule has 0 aromatic heterocycles. The summed E-state index contributed by atoms with van der Waals surface area (Å²) in [7, 11) is 0. The smallest absolute Gasteiger partial charge is 0.313 e. The average Bonchev–Trinajstić information content (AvgIpc) is 3.47. The molecule has 2 fully saturated rings. The lowest BCUT2D eigenvalue weighted by Gasteiger charge is -2.35. The van der Waals surface area contributed by atoms with E-state index in [1.165, 1.54) is 62.8 Å². The number of hydrogen-bond donors (Lipinski definition) is 1. The minimum Gasteiger partial charge on any atom is -0.462 e. The molecule has 3 atom stereocenters. The van der Waals surface area contributed by atoms with E-state index in [1.807, 2.05) is 6.92 Å². The molecule has 0 saturated carbocycles. The summed E-state index contributed by atoms with van der Waals surface area (Å²) in [5.41, 5.74) is -2.28. The van der Waals surface area contributed by atoms with Crippen LogP contribution in [0.3, 0.4) is 0 Å². The molecule has 1 N–H and O–H groups in total. The maximum atomic E-state index is 13.0. The number of rotatable bonds is 17. The Bertz CT molecular complexity index is 1080. The lowest BCUT2D eigenvalue weighted by atomic mass is 9.89. The molecule has 0 amide bonds. The van der Waals surface area contributed by atoms with Crippen molar-refractivity contribution in [1.29, 1.82) is 0 Å². The van der Waals surface area contributed by atoms with Gasteiger partial charge in [-0.3, -0.25) is 19.2 Å². The Morgan fingerprint density at radius 2 is 1.30 bits per heavy atom. The molecule has 8 nitrogen and oxygen atoms in total. The Kier molecular flexibility index (Phi) is 11.7. The highest BCUT2D eigenvalue weighted by Gasteiger charge is 2.51. The van der Waals surface area contributed by atoms with Crippen LogP contribution in [0.15, 0.2) is 48.6 Å². The van der Waals surface area contributed by atoms with Crippen LogP contribution in [0.2, 0.25) is 0 Å². The van der Waals surface area contributed by atoms with Crippen molar-refractivity contribution in [3.05, 3.63) is 48.6 Å². The molecule has 0 aromatic rings. The molecule has 8 heteroatoms. The highest BCUT2D eigenvalue weighted by atomic mass is 16.6. The molecule has 2 saturated heterocycles. The zero-order chi connectivity index (χ0) is 31.7. The monoisotopic (exact) mass is 610 g/mol. The van der Waals surface area contributed by atoms with Crippen LogP contribution in [-0.2, 0) is 33.4 Å². The minimum atomic E-state index is -1.59. The van der Waals surface area contributed by atoms with Crippen LogP contribution in [0.5, 0.6) is 0 Å². The van der Waals surface area contributed by atoms with Gasteiger partial charge in [0.2, 0.25) is 0 Å². The Labute approximate surface area is 262 Å². The van der Waals surface area contributed by atoms with Gasteiger partial charge in [-0.25, -0.2) is 0 Å². The lowest BCUT2D eigenvalue weighted by molar-refractivity contribution is -0.222. The maximum absolute atomic E-state index is 13.0. The van der Waals surface area contributed by atoms with Gasteiger partial charge in [0.1, 0.15) is 29.5 Å². The van der Waals surface area contributed by atoms with Crippen LogP contribution < -0.4 is 0 Å². The van der Waals surface area contributed by atoms with E-state index in [1.54, 1.807) is 24.3 Å². The van der Waals surface area contributed by atoms with E-state index < -0.39 is 34.7 Å². The first-order chi connectivity index (χ1) is 21.0. The Balaban J connectivity index is 1.32. The van der Waals surface area contributed by atoms with Crippen molar-refractivity contribution in [2.45, 2.75) is 152 Å². The molecule has 0 aromatic carbocycles. The van der Waals surface area contributed by atoms with E-state index in [-0.39, 0.29) is 43.0 Å². The quantitative estimate of drug-likeness (QED) is 0.113. The molecule has 4 aliphatic rings. The van der Waals surface area contributed by atoms with Crippen molar-refractivity contribution in [2.75, 3.05) is 0 Å². The molecular formula is C36H50O8. The van der Waals surface area contributed by atoms with Gasteiger partial charge in [0.05, 0.1) is 5.60 Å². The molecular weight excluding hydrogens is 560 g/mol. The first-order valence-electron chi connectivity index (χ1n) is 16.6. The summed E-state index contributed by atoms with van der Waals surface area (Å²) in [5.74, 6) is -2.58. The molecule has 2 aliphatic carbocycles. The second-order valence-corrected chi connectivity index (χ2v) is 13.5. The average molecular weight is 611 g/mol. The zero-order valence-corrected chi connectivity index (χ0v) is 26.5. The third-order valence-electron chi connectivity index (χ3n) is 9.29. The van der Waals surface area contributed by atoms with E-state index in [0.29, 0.717) is 25.7 Å². The fourth-order valence-corrected chi connectivity index (χ4v) is 6.84. The normalized spacial score (nSPS) is 27.1. The van der Waals surface area contributed by atoms with Gasteiger partial charge < -0.3 is 19.3 Å². The fourth-order valence-electron chi connectivity index (χ4n) is 6.84. The van der Waals surface area contributed by atoms with Gasteiger partial charge >= 0.3 is 5.97 Å². The molecule has 4 rings (SSSR count). The summed E-state index contributed by atoms with van der Waals surface area (Å²) in [4.78, 5) is 49.0. The van der Waals surface area contributed by atoms with Crippen molar-refractivity contribution in [3.8, 4) is 0 Å². The second kappa shape index (κ2) is 15.1. The minimum absolute atomic E-state index is 0.00131. The molecule has 2 spiro atoms. The number of carbonyl (C=O) groups excluding carboxylic acids is 4. The van der Waals surface area contributed by atoms with Gasteiger partial charge in [0, 0.05) is 25.7 Å². The highest BCUT2D eigenvalue weighted by molar-refractivity contribution is 6.01. The fraction of sp³-hybridized carbons (Fsp3) is 0.667. The molecule has 0 radical (unpaired) electrons. The third kappa shape index (κ3) is 9.91. The van der Waals surface area contributed by atoms with Gasteiger partial charge in [-0.05, 0) is 81.2 Å². The topological polar surface area (TPSA) is 116 Å². The zero-order valence-electron chi connectivity index (χ0n) is 26.5. The summed E-state index contributed by atoms with van der Waals surface area (Å²) in [6.45, 7) is 4.15. The van der Waals surface area contributed by atoms with Crippen LogP contribution in [0, 0.1) is 0 Å². The summed E-state index contributed by atoms with van der Waals surface area (Å²) < 4.78 is 18.5. The standard InChI is InChI=1S/C36H50O8/c1-3-4-5-6-7-8-9-10-11-12-30(39)25-32(40)42-31(26-33(2)21-22-34(43-33)17-13-28(37)14-18-34)27-36(41)24-23-35(44-36)19-15-29(38)16-20-35/h13-20,31,41H,3-12,21-27H2,1-2H3/t31?,33?,36-/m1/s1. The SMILES string of the molecule is CCCCCCCCCCCC(=O)CC(=O)OC(CC1(C)CCC2(C=CC(=O)C=C2)O1)C[C@@]1(O)CCC2(C=CC(=O)C=C2)O1. The molecule has 242 valence electrons. The van der Waals surface area contributed by atoms with Crippen LogP contribution >= 0.6 is 0 Å². The predicted octanol–water partition coefficient (Wildman–Crippen LogP) is 6.49. The summed E-state index contributed by atoms with van der Waals surface area (Å²) in [6, 6.07) is 0. The number of esters is 1. The van der Waals surface area contributed by atoms with E-state index in [9.17, 15) is 24.3 Å². The van der Waals surface area contributed by atoms with E-state index >= 15 is 0 Å². The first kappa shape index (κ1) is 34.2. The lowest BCUT2D eigenvalue weighted by Crippen LogP contribution is -2.42. The van der Waals surface area contributed by atoms with Crippen molar-refractivity contribution in [3.63, 3.8) is 0 Å². The Morgan fingerprint density at radius 1 is 0.773 bits per heavy atom. The second-order valence-electron chi connectivity index (χ2n) is 13.5.